The fourth-order valence-corrected chi connectivity index (χ4v) is 4.24. The highest BCUT2D eigenvalue weighted by Crippen LogP contribution is 2.42. The fraction of sp³-hybridized carbons (Fsp3) is 0.500. The van der Waals surface area contributed by atoms with E-state index in [2.05, 4.69) is 11.4 Å². The molecule has 0 aromatic heterocycles. The van der Waals surface area contributed by atoms with Crippen LogP contribution in [-0.2, 0) is 14.4 Å². The van der Waals surface area contributed by atoms with E-state index < -0.39 is 17.8 Å². The molecule has 1 aromatic carbocycles. The molecule has 0 bridgehead atoms. The van der Waals surface area contributed by atoms with E-state index in [9.17, 15) is 9.59 Å². The number of carbonyl (C=O) groups excluding carboxylic acids is 1. The van der Waals surface area contributed by atoms with Gasteiger partial charge in [-0.3, -0.25) is 4.79 Å². The number of carbonyl (C=O) groups is 2. The number of aldehydes is 1. The number of piperidine rings is 1. The van der Waals surface area contributed by atoms with E-state index in [1.54, 1.807) is 7.11 Å². The van der Waals surface area contributed by atoms with E-state index in [1.807, 2.05) is 31.0 Å². The SMILES string of the molecule is CON1CCC2(CC1)NCC(c1cc(C)ccc1C)=C2C(C=O)OC(=O)O. The van der Waals surface area contributed by atoms with Crippen LogP contribution < -0.4 is 5.32 Å². The zero-order valence-corrected chi connectivity index (χ0v) is 15.9. The summed E-state index contributed by atoms with van der Waals surface area (Å²) in [5.74, 6) is 0. The first kappa shape index (κ1) is 19.5. The molecule has 146 valence electrons. The van der Waals surface area contributed by atoms with Gasteiger partial charge in [-0.15, -0.1) is 0 Å². The van der Waals surface area contributed by atoms with Gasteiger partial charge in [0.1, 0.15) is 0 Å². The number of hydrogen-bond donors (Lipinski definition) is 2. The normalized spacial score (nSPS) is 20.7. The number of ether oxygens (including phenoxy) is 1. The van der Waals surface area contributed by atoms with Crippen molar-refractivity contribution in [3.8, 4) is 0 Å². The third kappa shape index (κ3) is 3.76. The van der Waals surface area contributed by atoms with Gasteiger partial charge in [0.15, 0.2) is 12.4 Å². The minimum Gasteiger partial charge on any atom is -0.450 e. The van der Waals surface area contributed by atoms with Gasteiger partial charge in [0.25, 0.3) is 0 Å². The first-order valence-electron chi connectivity index (χ1n) is 9.10. The number of rotatable bonds is 5. The van der Waals surface area contributed by atoms with E-state index in [0.717, 1.165) is 27.8 Å². The van der Waals surface area contributed by atoms with Crippen LogP contribution in [0.5, 0.6) is 0 Å². The van der Waals surface area contributed by atoms with E-state index in [4.69, 9.17) is 14.7 Å². The maximum absolute atomic E-state index is 11.8. The molecule has 0 amide bonds. The lowest BCUT2D eigenvalue weighted by molar-refractivity contribution is -0.150. The van der Waals surface area contributed by atoms with Crippen LogP contribution >= 0.6 is 0 Å². The van der Waals surface area contributed by atoms with Gasteiger partial charge in [-0.25, -0.2) is 4.79 Å². The lowest BCUT2D eigenvalue weighted by atomic mass is 9.78. The second-order valence-electron chi connectivity index (χ2n) is 7.20. The monoisotopic (exact) mass is 374 g/mol. The summed E-state index contributed by atoms with van der Waals surface area (Å²) in [4.78, 5) is 28.3. The number of nitrogens with zero attached hydrogens (tertiary/aromatic N) is 1. The molecular formula is C20H26N2O5. The van der Waals surface area contributed by atoms with Gasteiger partial charge in [0.2, 0.25) is 0 Å². The minimum atomic E-state index is -1.45. The molecule has 1 unspecified atom stereocenters. The van der Waals surface area contributed by atoms with Crippen LogP contribution in [0, 0.1) is 13.8 Å². The van der Waals surface area contributed by atoms with E-state index in [1.165, 1.54) is 0 Å². The van der Waals surface area contributed by atoms with Gasteiger partial charge < -0.3 is 20.0 Å². The number of carboxylic acid groups (broad SMARTS) is 1. The summed E-state index contributed by atoms with van der Waals surface area (Å²) < 4.78 is 4.99. The van der Waals surface area contributed by atoms with Crippen molar-refractivity contribution < 1.29 is 24.3 Å². The van der Waals surface area contributed by atoms with Crippen LogP contribution in [0.4, 0.5) is 4.79 Å². The third-order valence-corrected chi connectivity index (χ3v) is 5.63. The Balaban J connectivity index is 2.11. The predicted octanol–water partition coefficient (Wildman–Crippen LogP) is 2.32. The summed E-state index contributed by atoms with van der Waals surface area (Å²) in [5, 5.41) is 14.6. The Morgan fingerprint density at radius 2 is 2.04 bits per heavy atom. The van der Waals surface area contributed by atoms with Gasteiger partial charge in [0.05, 0.1) is 7.11 Å². The van der Waals surface area contributed by atoms with Crippen molar-refractivity contribution in [2.45, 2.75) is 38.3 Å². The van der Waals surface area contributed by atoms with Crippen LogP contribution in [0.15, 0.2) is 23.8 Å². The number of hydrogen-bond acceptors (Lipinski definition) is 6. The fourth-order valence-electron chi connectivity index (χ4n) is 4.24. The molecule has 2 aliphatic heterocycles. The molecule has 3 rings (SSSR count). The maximum Gasteiger partial charge on any atom is 0.506 e. The summed E-state index contributed by atoms with van der Waals surface area (Å²) in [6.45, 7) is 5.98. The number of hydroxylamine groups is 2. The van der Waals surface area contributed by atoms with Gasteiger partial charge in [-0.05, 0) is 43.4 Å². The third-order valence-electron chi connectivity index (χ3n) is 5.63. The molecule has 1 aromatic rings. The van der Waals surface area contributed by atoms with E-state index >= 15 is 0 Å². The summed E-state index contributed by atoms with van der Waals surface area (Å²) in [7, 11) is 1.64. The molecule has 27 heavy (non-hydrogen) atoms. The number of aryl methyl sites for hydroxylation is 2. The smallest absolute Gasteiger partial charge is 0.450 e. The van der Waals surface area contributed by atoms with Crippen LogP contribution in [0.3, 0.4) is 0 Å². The second-order valence-corrected chi connectivity index (χ2v) is 7.20. The Morgan fingerprint density at radius 1 is 1.33 bits per heavy atom. The first-order valence-corrected chi connectivity index (χ1v) is 9.10. The van der Waals surface area contributed by atoms with Gasteiger partial charge in [-0.2, -0.15) is 5.06 Å². The molecule has 2 N–H and O–H groups in total. The lowest BCUT2D eigenvalue weighted by Gasteiger charge is -2.41. The average Bonchev–Trinajstić information content (AvgIpc) is 3.00. The Labute approximate surface area is 158 Å². The van der Waals surface area contributed by atoms with Crippen molar-refractivity contribution in [3.05, 3.63) is 40.5 Å². The number of nitrogens with one attached hydrogen (secondary N) is 1. The van der Waals surface area contributed by atoms with Crippen molar-refractivity contribution >= 4 is 18.0 Å². The maximum atomic E-state index is 11.8. The van der Waals surface area contributed by atoms with Crippen LogP contribution in [-0.4, -0.2) is 61.0 Å². The Morgan fingerprint density at radius 3 is 2.63 bits per heavy atom. The molecule has 1 atom stereocenters. The van der Waals surface area contributed by atoms with Gasteiger partial charge >= 0.3 is 6.16 Å². The lowest BCUT2D eigenvalue weighted by Crippen LogP contribution is -2.53. The highest BCUT2D eigenvalue weighted by atomic mass is 16.7. The average molecular weight is 374 g/mol. The Kier molecular flexibility index (Phi) is 5.64. The minimum absolute atomic E-state index is 0.471. The number of benzene rings is 1. The van der Waals surface area contributed by atoms with Gasteiger partial charge in [-0.1, -0.05) is 23.8 Å². The summed E-state index contributed by atoms with van der Waals surface area (Å²) in [6.07, 6.45) is -0.570. The van der Waals surface area contributed by atoms with Crippen LogP contribution in [0.2, 0.25) is 0 Å². The summed E-state index contributed by atoms with van der Waals surface area (Å²) >= 11 is 0. The van der Waals surface area contributed by atoms with Gasteiger partial charge in [0, 0.05) is 30.7 Å². The molecule has 1 saturated heterocycles. The molecule has 1 spiro atoms. The largest absolute Gasteiger partial charge is 0.506 e. The topological polar surface area (TPSA) is 88.1 Å². The zero-order chi connectivity index (χ0) is 19.6. The molecule has 0 radical (unpaired) electrons. The highest BCUT2D eigenvalue weighted by molar-refractivity contribution is 5.83. The van der Waals surface area contributed by atoms with Crippen molar-refractivity contribution in [1.29, 1.82) is 0 Å². The van der Waals surface area contributed by atoms with Crippen LogP contribution in [0.25, 0.3) is 5.57 Å². The summed E-state index contributed by atoms with van der Waals surface area (Å²) in [6, 6.07) is 6.17. The molecule has 0 saturated carbocycles. The standard InChI is InChI=1S/C20H26N2O5/c1-13-4-5-14(2)15(10-13)16-11-21-20(6-8-22(26-3)9-7-20)18(16)17(12-23)27-19(24)25/h4-5,10,12,17,21H,6-9,11H2,1-3H3,(H,24,25). The second kappa shape index (κ2) is 7.80. The molecule has 7 heteroatoms. The van der Waals surface area contributed by atoms with Crippen molar-refractivity contribution in [2.75, 3.05) is 26.7 Å². The molecule has 2 aliphatic rings. The predicted molar refractivity (Wildman–Crippen MR) is 100 cm³/mol. The quantitative estimate of drug-likeness (QED) is 0.604. The highest BCUT2D eigenvalue weighted by Gasteiger charge is 2.47. The van der Waals surface area contributed by atoms with E-state index in [0.29, 0.717) is 38.8 Å². The van der Waals surface area contributed by atoms with Crippen LogP contribution in [0.1, 0.15) is 29.5 Å². The Hall–Kier alpha value is -2.22. The molecular weight excluding hydrogens is 348 g/mol. The van der Waals surface area contributed by atoms with Crippen molar-refractivity contribution in [3.63, 3.8) is 0 Å². The summed E-state index contributed by atoms with van der Waals surface area (Å²) in [5.41, 5.74) is 4.46. The van der Waals surface area contributed by atoms with Crippen molar-refractivity contribution in [2.24, 2.45) is 0 Å². The molecule has 1 fully saturated rings. The molecule has 2 heterocycles. The van der Waals surface area contributed by atoms with Crippen molar-refractivity contribution in [1.82, 2.24) is 10.4 Å². The molecule has 7 nitrogen and oxygen atoms in total. The molecule has 0 aliphatic carbocycles. The van der Waals surface area contributed by atoms with E-state index in [-0.39, 0.29) is 0 Å². The zero-order valence-electron chi connectivity index (χ0n) is 15.9. The Bertz CT molecular complexity index is 766. The first-order chi connectivity index (χ1) is 12.9.